The summed E-state index contributed by atoms with van der Waals surface area (Å²) in [5.41, 5.74) is 1.27. The highest BCUT2D eigenvalue weighted by Gasteiger charge is 2.07. The van der Waals surface area contributed by atoms with Gasteiger partial charge in [-0.05, 0) is 44.4 Å². The molecule has 22 heavy (non-hydrogen) atoms. The second-order valence-electron chi connectivity index (χ2n) is 4.94. The minimum atomic E-state index is -0.112. The van der Waals surface area contributed by atoms with Gasteiger partial charge < -0.3 is 20.9 Å². The molecule has 1 aromatic carbocycles. The quantitative estimate of drug-likeness (QED) is 0.634. The summed E-state index contributed by atoms with van der Waals surface area (Å²) in [6.07, 6.45) is 0. The zero-order chi connectivity index (χ0) is 16.4. The van der Waals surface area contributed by atoms with Crippen molar-refractivity contribution in [3.8, 4) is 0 Å². The van der Waals surface area contributed by atoms with Gasteiger partial charge in [-0.25, -0.2) is 0 Å². The molecule has 0 fully saturated rings. The molecule has 0 aliphatic rings. The zero-order valence-electron chi connectivity index (χ0n) is 13.6. The number of likely N-dealkylation sites (N-methyl/N-ethyl adjacent to an activating group) is 2. The van der Waals surface area contributed by atoms with Crippen LogP contribution < -0.4 is 16.0 Å². The van der Waals surface area contributed by atoms with Gasteiger partial charge in [0.25, 0.3) is 5.91 Å². The molecule has 2 amide bonds. The molecule has 0 spiro atoms. The second kappa shape index (κ2) is 9.92. The van der Waals surface area contributed by atoms with Crippen molar-refractivity contribution in [1.82, 2.24) is 15.5 Å². The van der Waals surface area contributed by atoms with Crippen LogP contribution in [-0.2, 0) is 4.79 Å². The molecule has 0 aliphatic heterocycles. The summed E-state index contributed by atoms with van der Waals surface area (Å²) in [6.45, 7) is 7.89. The number of amides is 2. The van der Waals surface area contributed by atoms with Crippen LogP contribution in [-0.4, -0.2) is 56.5 Å². The van der Waals surface area contributed by atoms with Crippen LogP contribution in [0.5, 0.6) is 0 Å². The first-order chi connectivity index (χ1) is 10.6. The van der Waals surface area contributed by atoms with E-state index in [0.717, 1.165) is 19.6 Å². The summed E-state index contributed by atoms with van der Waals surface area (Å²) in [5.74, 6) is -0.209. The van der Waals surface area contributed by atoms with Crippen molar-refractivity contribution in [1.29, 1.82) is 0 Å². The van der Waals surface area contributed by atoms with Gasteiger partial charge in [-0.1, -0.05) is 13.8 Å². The lowest BCUT2D eigenvalue weighted by atomic mass is 10.2. The number of anilines is 1. The third-order valence-corrected chi connectivity index (χ3v) is 3.38. The minimum Gasteiger partial charge on any atom is -0.351 e. The van der Waals surface area contributed by atoms with E-state index in [1.807, 2.05) is 0 Å². The summed E-state index contributed by atoms with van der Waals surface area (Å²) in [7, 11) is 1.71. The van der Waals surface area contributed by atoms with E-state index >= 15 is 0 Å². The normalized spacial score (nSPS) is 10.5. The van der Waals surface area contributed by atoms with Crippen LogP contribution in [0, 0.1) is 0 Å². The first-order valence-corrected chi connectivity index (χ1v) is 7.65. The van der Waals surface area contributed by atoms with Gasteiger partial charge in [0.05, 0.1) is 6.54 Å². The Morgan fingerprint density at radius 2 is 1.73 bits per heavy atom. The molecule has 0 bridgehead atoms. The number of hydrogen-bond donors (Lipinski definition) is 3. The van der Waals surface area contributed by atoms with Gasteiger partial charge in [-0.15, -0.1) is 0 Å². The van der Waals surface area contributed by atoms with E-state index in [4.69, 9.17) is 0 Å². The minimum absolute atomic E-state index is 0.0970. The topological polar surface area (TPSA) is 73.5 Å². The fourth-order valence-corrected chi connectivity index (χ4v) is 2.04. The number of carbonyl (C=O) groups is 2. The van der Waals surface area contributed by atoms with E-state index in [1.165, 1.54) is 0 Å². The van der Waals surface area contributed by atoms with E-state index in [0.29, 0.717) is 17.8 Å². The van der Waals surface area contributed by atoms with Crippen LogP contribution in [0.3, 0.4) is 0 Å². The molecular formula is C16H26N4O2. The van der Waals surface area contributed by atoms with Crippen LogP contribution in [0.1, 0.15) is 24.2 Å². The maximum atomic E-state index is 12.0. The second-order valence-corrected chi connectivity index (χ2v) is 4.94. The largest absolute Gasteiger partial charge is 0.351 e. The van der Waals surface area contributed by atoms with E-state index < -0.39 is 0 Å². The van der Waals surface area contributed by atoms with Crippen molar-refractivity contribution >= 4 is 17.5 Å². The highest BCUT2D eigenvalue weighted by molar-refractivity contribution is 5.96. The van der Waals surface area contributed by atoms with Crippen molar-refractivity contribution in [2.75, 3.05) is 45.1 Å². The molecule has 0 heterocycles. The molecule has 0 aliphatic carbocycles. The van der Waals surface area contributed by atoms with Gasteiger partial charge in [-0.2, -0.15) is 0 Å². The zero-order valence-corrected chi connectivity index (χ0v) is 13.6. The number of rotatable bonds is 9. The molecule has 0 unspecified atom stereocenters. The number of nitrogens with zero attached hydrogens (tertiary/aromatic N) is 1. The Kier molecular flexibility index (Phi) is 8.17. The number of carbonyl (C=O) groups excluding carboxylic acids is 2. The molecule has 0 saturated heterocycles. The van der Waals surface area contributed by atoms with Crippen molar-refractivity contribution in [2.45, 2.75) is 13.8 Å². The molecule has 1 aromatic rings. The summed E-state index contributed by atoms with van der Waals surface area (Å²) < 4.78 is 0. The van der Waals surface area contributed by atoms with Crippen molar-refractivity contribution in [3.63, 3.8) is 0 Å². The van der Waals surface area contributed by atoms with Gasteiger partial charge >= 0.3 is 0 Å². The average molecular weight is 306 g/mol. The smallest absolute Gasteiger partial charge is 0.251 e. The van der Waals surface area contributed by atoms with Crippen LogP contribution in [0.2, 0.25) is 0 Å². The van der Waals surface area contributed by atoms with E-state index in [2.05, 4.69) is 34.7 Å². The van der Waals surface area contributed by atoms with Crippen LogP contribution in [0.4, 0.5) is 5.69 Å². The molecule has 6 nitrogen and oxygen atoms in total. The number of hydrogen-bond acceptors (Lipinski definition) is 4. The average Bonchev–Trinajstić information content (AvgIpc) is 2.52. The lowest BCUT2D eigenvalue weighted by molar-refractivity contribution is -0.115. The molecule has 122 valence electrons. The van der Waals surface area contributed by atoms with E-state index in [1.54, 1.807) is 31.3 Å². The lowest BCUT2D eigenvalue weighted by Gasteiger charge is -2.17. The predicted molar refractivity (Wildman–Crippen MR) is 89.1 cm³/mol. The Bertz CT molecular complexity index is 470. The molecular weight excluding hydrogens is 280 g/mol. The van der Waals surface area contributed by atoms with Crippen LogP contribution >= 0.6 is 0 Å². The van der Waals surface area contributed by atoms with Crippen LogP contribution in [0.15, 0.2) is 24.3 Å². The van der Waals surface area contributed by atoms with Crippen molar-refractivity contribution in [2.24, 2.45) is 0 Å². The van der Waals surface area contributed by atoms with Gasteiger partial charge in [0.1, 0.15) is 0 Å². The van der Waals surface area contributed by atoms with Crippen molar-refractivity contribution < 1.29 is 9.59 Å². The summed E-state index contributed by atoms with van der Waals surface area (Å²) >= 11 is 0. The molecule has 0 atom stereocenters. The molecule has 6 heteroatoms. The monoisotopic (exact) mass is 306 g/mol. The Hall–Kier alpha value is -1.92. The maximum absolute atomic E-state index is 12.0. The maximum Gasteiger partial charge on any atom is 0.251 e. The Morgan fingerprint density at radius 3 is 2.27 bits per heavy atom. The molecule has 0 saturated carbocycles. The Morgan fingerprint density at radius 1 is 1.09 bits per heavy atom. The first kappa shape index (κ1) is 18.1. The van der Waals surface area contributed by atoms with Gasteiger partial charge in [-0.3, -0.25) is 9.59 Å². The number of benzene rings is 1. The molecule has 3 N–H and O–H groups in total. The van der Waals surface area contributed by atoms with E-state index in [9.17, 15) is 9.59 Å². The van der Waals surface area contributed by atoms with Gasteiger partial charge in [0.15, 0.2) is 0 Å². The highest BCUT2D eigenvalue weighted by Crippen LogP contribution is 2.09. The SMILES string of the molecule is CCN(CC)CCNC(=O)c1ccc(NC(=O)CNC)cc1. The van der Waals surface area contributed by atoms with Crippen molar-refractivity contribution in [3.05, 3.63) is 29.8 Å². The summed E-state index contributed by atoms with van der Waals surface area (Å²) in [6, 6.07) is 6.88. The number of nitrogens with one attached hydrogen (secondary N) is 3. The van der Waals surface area contributed by atoms with E-state index in [-0.39, 0.29) is 18.4 Å². The van der Waals surface area contributed by atoms with Gasteiger partial charge in [0, 0.05) is 24.3 Å². The summed E-state index contributed by atoms with van der Waals surface area (Å²) in [5, 5.41) is 8.42. The predicted octanol–water partition coefficient (Wildman–Crippen LogP) is 0.916. The highest BCUT2D eigenvalue weighted by atomic mass is 16.2. The third-order valence-electron chi connectivity index (χ3n) is 3.38. The Labute approximate surface area is 132 Å². The van der Waals surface area contributed by atoms with Crippen LogP contribution in [0.25, 0.3) is 0 Å². The first-order valence-electron chi connectivity index (χ1n) is 7.65. The standard InChI is InChI=1S/C16H26N4O2/c1-4-20(5-2)11-10-18-16(22)13-6-8-14(9-7-13)19-15(21)12-17-3/h6-9,17H,4-5,10-12H2,1-3H3,(H,18,22)(H,19,21). The fourth-order valence-electron chi connectivity index (χ4n) is 2.04. The third kappa shape index (κ3) is 6.24. The fraction of sp³-hybridized carbons (Fsp3) is 0.500. The lowest BCUT2D eigenvalue weighted by Crippen LogP contribution is -2.34. The molecule has 0 radical (unpaired) electrons. The molecule has 1 rings (SSSR count). The summed E-state index contributed by atoms with van der Waals surface area (Å²) in [4.78, 5) is 25.7. The van der Waals surface area contributed by atoms with Gasteiger partial charge in [0.2, 0.25) is 5.91 Å². The molecule has 0 aromatic heterocycles. The Balaban J connectivity index is 2.45.